The second-order valence-electron chi connectivity index (χ2n) is 9.97. The minimum Gasteiger partial charge on any atom is -0.490 e. The lowest BCUT2D eigenvalue weighted by atomic mass is 10.2. The lowest BCUT2D eigenvalue weighted by Gasteiger charge is -2.06. The number of ether oxygens (including phenoxy) is 4. The number of benzene rings is 4. The van der Waals surface area contributed by atoms with Crippen LogP contribution in [0.5, 0.6) is 10.8 Å². The molecule has 0 fully saturated rings. The standard InChI is InChI=1S/C36H29FN6O6S/c1-3-34(44)47-18-17-46-30-14-11-27(12-15-30)39-41-28-13-16-32(31(37)22-28)43-40-26-9-7-25(8-10-26)38-42-29-6-5-24-21-36(50-33(24)23-29)49-20-19-48-35(45)4-2/h3-16,21-23H,1-2,17-20H2/b41-39+,42-38+,43-40+. The van der Waals surface area contributed by atoms with Crippen LogP contribution in [0.1, 0.15) is 0 Å². The number of halogens is 1. The Morgan fingerprint density at radius 2 is 1.10 bits per heavy atom. The molecule has 0 N–H and O–H groups in total. The molecule has 252 valence electrons. The van der Waals surface area contributed by atoms with Crippen LogP contribution in [0.4, 0.5) is 38.5 Å². The zero-order chi connectivity index (χ0) is 35.1. The maximum atomic E-state index is 14.7. The topological polar surface area (TPSA) is 145 Å². The Morgan fingerprint density at radius 3 is 1.70 bits per heavy atom. The molecule has 1 aromatic heterocycles. The zero-order valence-corrected chi connectivity index (χ0v) is 27.3. The second kappa shape index (κ2) is 17.7. The van der Waals surface area contributed by atoms with E-state index < -0.39 is 17.8 Å². The quantitative estimate of drug-likeness (QED) is 0.0435. The van der Waals surface area contributed by atoms with Gasteiger partial charge in [-0.3, -0.25) is 0 Å². The van der Waals surface area contributed by atoms with Crippen LogP contribution in [0.25, 0.3) is 10.1 Å². The molecule has 14 heteroatoms. The van der Waals surface area contributed by atoms with Gasteiger partial charge in [-0.05, 0) is 84.2 Å². The molecule has 0 radical (unpaired) electrons. The number of carbonyl (C=O) groups excluding carboxylic acids is 2. The van der Waals surface area contributed by atoms with Crippen molar-refractivity contribution in [2.45, 2.75) is 0 Å². The summed E-state index contributed by atoms with van der Waals surface area (Å²) in [5, 5.41) is 26.7. The summed E-state index contributed by atoms with van der Waals surface area (Å²) in [4.78, 5) is 22.2. The van der Waals surface area contributed by atoms with E-state index >= 15 is 0 Å². The Morgan fingerprint density at radius 1 is 0.600 bits per heavy atom. The third kappa shape index (κ3) is 10.6. The summed E-state index contributed by atoms with van der Waals surface area (Å²) in [6.07, 6.45) is 2.19. The van der Waals surface area contributed by atoms with Crippen LogP contribution >= 0.6 is 11.3 Å². The van der Waals surface area contributed by atoms with Crippen molar-refractivity contribution in [1.29, 1.82) is 0 Å². The lowest BCUT2D eigenvalue weighted by molar-refractivity contribution is -0.139. The molecule has 0 aliphatic carbocycles. The lowest BCUT2D eigenvalue weighted by Crippen LogP contribution is -2.09. The maximum absolute atomic E-state index is 14.7. The van der Waals surface area contributed by atoms with E-state index in [2.05, 4.69) is 43.8 Å². The van der Waals surface area contributed by atoms with Crippen molar-refractivity contribution in [3.05, 3.63) is 122 Å². The molecule has 0 atom stereocenters. The molecule has 0 amide bonds. The molecule has 0 aliphatic heterocycles. The maximum Gasteiger partial charge on any atom is 0.330 e. The Balaban J connectivity index is 1.11. The summed E-state index contributed by atoms with van der Waals surface area (Å²) in [6, 6.07) is 25.5. The van der Waals surface area contributed by atoms with Crippen LogP contribution in [0, 0.1) is 5.82 Å². The third-order valence-electron chi connectivity index (χ3n) is 6.44. The van der Waals surface area contributed by atoms with Gasteiger partial charge in [-0.25, -0.2) is 14.0 Å². The number of fused-ring (bicyclic) bond motifs is 1. The van der Waals surface area contributed by atoms with Crippen molar-refractivity contribution in [2.24, 2.45) is 30.7 Å². The first-order valence-electron chi connectivity index (χ1n) is 15.0. The van der Waals surface area contributed by atoms with Gasteiger partial charge in [0.25, 0.3) is 0 Å². The molecule has 0 unspecified atom stereocenters. The van der Waals surface area contributed by atoms with E-state index in [9.17, 15) is 14.0 Å². The molecule has 0 aliphatic rings. The highest BCUT2D eigenvalue weighted by Crippen LogP contribution is 2.35. The number of thiophene rings is 1. The van der Waals surface area contributed by atoms with Gasteiger partial charge in [-0.15, -0.1) is 5.11 Å². The Kier molecular flexibility index (Phi) is 12.3. The average molecular weight is 693 g/mol. The van der Waals surface area contributed by atoms with Gasteiger partial charge < -0.3 is 18.9 Å². The van der Waals surface area contributed by atoms with Crippen molar-refractivity contribution in [3.63, 3.8) is 0 Å². The third-order valence-corrected chi connectivity index (χ3v) is 7.45. The van der Waals surface area contributed by atoms with Gasteiger partial charge in [0.15, 0.2) is 10.9 Å². The first-order chi connectivity index (χ1) is 24.4. The van der Waals surface area contributed by atoms with Gasteiger partial charge in [0.05, 0.1) is 28.4 Å². The summed E-state index contributed by atoms with van der Waals surface area (Å²) in [5.74, 6) is -1.04. The van der Waals surface area contributed by atoms with E-state index in [0.717, 1.165) is 22.2 Å². The molecule has 50 heavy (non-hydrogen) atoms. The van der Waals surface area contributed by atoms with E-state index in [-0.39, 0.29) is 32.1 Å². The summed E-state index contributed by atoms with van der Waals surface area (Å²) >= 11 is 1.45. The Bertz CT molecular complexity index is 2060. The van der Waals surface area contributed by atoms with E-state index in [1.807, 2.05) is 24.3 Å². The molecule has 1 heterocycles. The largest absolute Gasteiger partial charge is 0.490 e. The molecular formula is C36H29FN6O6S. The molecular weight excluding hydrogens is 663 g/mol. The number of esters is 2. The number of nitrogens with zero attached hydrogens (tertiary/aromatic N) is 6. The molecule has 0 saturated heterocycles. The van der Waals surface area contributed by atoms with Gasteiger partial charge in [0.1, 0.15) is 37.9 Å². The molecule has 5 rings (SSSR count). The highest BCUT2D eigenvalue weighted by atomic mass is 32.1. The molecule has 0 bridgehead atoms. The fraction of sp³-hybridized carbons (Fsp3) is 0.111. The van der Waals surface area contributed by atoms with E-state index in [4.69, 9.17) is 18.9 Å². The van der Waals surface area contributed by atoms with Crippen LogP contribution in [-0.2, 0) is 19.1 Å². The monoisotopic (exact) mass is 692 g/mol. The van der Waals surface area contributed by atoms with Gasteiger partial charge in [-0.2, -0.15) is 25.6 Å². The van der Waals surface area contributed by atoms with Gasteiger partial charge in [-0.1, -0.05) is 30.6 Å². The number of hydrogen-bond donors (Lipinski definition) is 0. The molecule has 4 aromatic carbocycles. The van der Waals surface area contributed by atoms with Crippen LogP contribution in [-0.4, -0.2) is 38.4 Å². The highest BCUT2D eigenvalue weighted by Gasteiger charge is 2.06. The SMILES string of the molecule is C=CC(=O)OCCOc1ccc(/N=N/c2ccc(/N=N/c3ccc(/N=N/c4ccc5cc(OCCOC(=O)C=C)sc5c4)cc3)c(F)c2)cc1. The second-order valence-corrected chi connectivity index (χ2v) is 11.0. The summed E-state index contributed by atoms with van der Waals surface area (Å²) in [5.41, 5.74) is 2.65. The Labute approximate surface area is 289 Å². The molecule has 5 aromatic rings. The summed E-state index contributed by atoms with van der Waals surface area (Å²) < 4.78 is 36.6. The van der Waals surface area contributed by atoms with Gasteiger partial charge >= 0.3 is 11.9 Å². The van der Waals surface area contributed by atoms with Gasteiger partial charge in [0, 0.05) is 22.9 Å². The molecule has 0 saturated carbocycles. The van der Waals surface area contributed by atoms with Crippen molar-refractivity contribution in [1.82, 2.24) is 0 Å². The van der Waals surface area contributed by atoms with E-state index in [1.54, 1.807) is 54.6 Å². The number of carbonyl (C=O) groups is 2. The summed E-state index contributed by atoms with van der Waals surface area (Å²) in [7, 11) is 0. The fourth-order valence-corrected chi connectivity index (χ4v) is 4.98. The smallest absolute Gasteiger partial charge is 0.330 e. The predicted molar refractivity (Wildman–Crippen MR) is 187 cm³/mol. The number of azo groups is 3. The van der Waals surface area contributed by atoms with E-state index in [1.165, 1.54) is 23.5 Å². The van der Waals surface area contributed by atoms with Gasteiger partial charge in [0.2, 0.25) is 0 Å². The van der Waals surface area contributed by atoms with Crippen LogP contribution in [0.2, 0.25) is 0 Å². The minimum atomic E-state index is -0.605. The average Bonchev–Trinajstić information content (AvgIpc) is 3.56. The fourth-order valence-electron chi connectivity index (χ4n) is 4.01. The van der Waals surface area contributed by atoms with Crippen LogP contribution < -0.4 is 9.47 Å². The summed E-state index contributed by atoms with van der Waals surface area (Å²) in [6.45, 7) is 7.34. The van der Waals surface area contributed by atoms with Crippen molar-refractivity contribution in [3.8, 4) is 10.8 Å². The van der Waals surface area contributed by atoms with E-state index in [0.29, 0.717) is 39.2 Å². The Hall–Kier alpha value is -6.41. The molecule has 0 spiro atoms. The van der Waals surface area contributed by atoms with Crippen LogP contribution in [0.15, 0.2) is 147 Å². The molecule has 12 nitrogen and oxygen atoms in total. The predicted octanol–water partition coefficient (Wildman–Crippen LogP) is 10.5. The first kappa shape index (κ1) is 34.9. The zero-order valence-electron chi connectivity index (χ0n) is 26.5. The number of hydrogen-bond acceptors (Lipinski definition) is 13. The minimum absolute atomic E-state index is 0.0432. The normalized spacial score (nSPS) is 11.3. The van der Waals surface area contributed by atoms with Crippen molar-refractivity contribution >= 4 is 67.5 Å². The number of rotatable bonds is 16. The highest BCUT2D eigenvalue weighted by molar-refractivity contribution is 7.20. The van der Waals surface area contributed by atoms with Crippen molar-refractivity contribution in [2.75, 3.05) is 26.4 Å². The van der Waals surface area contributed by atoms with Crippen LogP contribution in [0.3, 0.4) is 0 Å². The first-order valence-corrected chi connectivity index (χ1v) is 15.8. The van der Waals surface area contributed by atoms with Crippen molar-refractivity contribution < 1.29 is 32.9 Å².